The lowest BCUT2D eigenvalue weighted by Crippen LogP contribution is -2.43. The fourth-order valence-corrected chi connectivity index (χ4v) is 1.79. The summed E-state index contributed by atoms with van der Waals surface area (Å²) in [5.41, 5.74) is -0.811. The molecule has 0 bridgehead atoms. The highest BCUT2D eigenvalue weighted by molar-refractivity contribution is 5.85. The Morgan fingerprint density at radius 1 is 0.778 bits per heavy atom. The van der Waals surface area contributed by atoms with Crippen LogP contribution in [0.15, 0.2) is 0 Å². The molecule has 2 N–H and O–H groups in total. The van der Waals surface area contributed by atoms with Crippen LogP contribution in [0.2, 0.25) is 0 Å². The predicted molar refractivity (Wildman–Crippen MR) is 57.1 cm³/mol. The number of halogens is 6. The first-order chi connectivity index (χ1) is 8.04. The molecule has 0 aliphatic carbocycles. The van der Waals surface area contributed by atoms with Crippen LogP contribution in [-0.4, -0.2) is 19.6 Å². The van der Waals surface area contributed by atoms with E-state index in [0.29, 0.717) is 13.1 Å². The monoisotopic (exact) mass is 288 g/mol. The number of piperazine rings is 1. The highest BCUT2D eigenvalue weighted by atomic mass is 35.5. The molecular weight excluding hydrogens is 279 g/mol. The lowest BCUT2D eigenvalue weighted by molar-refractivity contribution is 0.342. The van der Waals surface area contributed by atoms with Gasteiger partial charge in [-0.3, -0.25) is 0 Å². The molecule has 102 valence electrons. The van der Waals surface area contributed by atoms with Crippen LogP contribution < -0.4 is 10.6 Å². The molecule has 1 aromatic rings. The SMILES string of the molecule is Cl.Fc1c(F)c(F)c([C@H]2CNCCN2)c(F)c1F. The second kappa shape index (κ2) is 5.81. The average molecular weight is 289 g/mol. The molecular formula is C10H10ClF5N2. The van der Waals surface area contributed by atoms with Crippen LogP contribution in [-0.2, 0) is 0 Å². The Hall–Kier alpha value is -0.920. The van der Waals surface area contributed by atoms with Gasteiger partial charge in [0.05, 0.1) is 6.04 Å². The van der Waals surface area contributed by atoms with Gasteiger partial charge in [-0.05, 0) is 0 Å². The second-order valence-corrected chi connectivity index (χ2v) is 3.69. The fraction of sp³-hybridized carbons (Fsp3) is 0.400. The minimum absolute atomic E-state index is 0. The first kappa shape index (κ1) is 15.1. The van der Waals surface area contributed by atoms with E-state index in [1.807, 2.05) is 0 Å². The largest absolute Gasteiger partial charge is 0.314 e. The Morgan fingerprint density at radius 2 is 1.28 bits per heavy atom. The number of rotatable bonds is 1. The molecule has 0 spiro atoms. The van der Waals surface area contributed by atoms with Crippen molar-refractivity contribution in [3.63, 3.8) is 0 Å². The molecule has 1 heterocycles. The highest BCUT2D eigenvalue weighted by Gasteiger charge is 2.30. The van der Waals surface area contributed by atoms with E-state index in [9.17, 15) is 22.0 Å². The molecule has 2 nitrogen and oxygen atoms in total. The van der Waals surface area contributed by atoms with Crippen molar-refractivity contribution in [2.75, 3.05) is 19.6 Å². The van der Waals surface area contributed by atoms with Crippen molar-refractivity contribution in [1.29, 1.82) is 0 Å². The summed E-state index contributed by atoms with van der Waals surface area (Å²) >= 11 is 0. The van der Waals surface area contributed by atoms with Gasteiger partial charge in [0.25, 0.3) is 0 Å². The molecule has 1 aliphatic heterocycles. The average Bonchev–Trinajstić information content (AvgIpc) is 2.36. The first-order valence-electron chi connectivity index (χ1n) is 4.99. The standard InChI is InChI=1S/C10H9F5N2.ClH/c11-6-5(4-3-16-1-2-17-4)7(12)9(14)10(15)8(6)13;/h4,16-17H,1-3H2;1H/t4-;/m1./s1. The second-order valence-electron chi connectivity index (χ2n) is 3.69. The predicted octanol–water partition coefficient (Wildman–Crippen LogP) is 2.04. The molecule has 18 heavy (non-hydrogen) atoms. The molecule has 0 radical (unpaired) electrons. The smallest absolute Gasteiger partial charge is 0.200 e. The van der Waals surface area contributed by atoms with Gasteiger partial charge in [0.1, 0.15) is 0 Å². The Bertz CT molecular complexity index is 419. The number of hydrogen-bond acceptors (Lipinski definition) is 2. The van der Waals surface area contributed by atoms with Crippen molar-refractivity contribution in [2.45, 2.75) is 6.04 Å². The Labute approximate surface area is 106 Å². The molecule has 0 saturated carbocycles. The molecule has 8 heteroatoms. The third-order valence-electron chi connectivity index (χ3n) is 2.63. The minimum atomic E-state index is -2.13. The van der Waals surface area contributed by atoms with Gasteiger partial charge < -0.3 is 10.6 Å². The van der Waals surface area contributed by atoms with Gasteiger partial charge in [0.15, 0.2) is 23.3 Å². The topological polar surface area (TPSA) is 24.1 Å². The van der Waals surface area contributed by atoms with Crippen LogP contribution in [0.1, 0.15) is 11.6 Å². The summed E-state index contributed by atoms with van der Waals surface area (Å²) in [6.07, 6.45) is 0. The summed E-state index contributed by atoms with van der Waals surface area (Å²) in [5, 5.41) is 5.50. The van der Waals surface area contributed by atoms with Crippen LogP contribution in [0.25, 0.3) is 0 Å². The molecule has 1 aromatic carbocycles. The van der Waals surface area contributed by atoms with E-state index in [1.165, 1.54) is 0 Å². The zero-order chi connectivity index (χ0) is 12.6. The molecule has 1 atom stereocenters. The maximum Gasteiger partial charge on any atom is 0.200 e. The molecule has 0 unspecified atom stereocenters. The molecule has 0 amide bonds. The van der Waals surface area contributed by atoms with E-state index in [1.54, 1.807) is 0 Å². The number of benzene rings is 1. The van der Waals surface area contributed by atoms with E-state index in [4.69, 9.17) is 0 Å². The van der Waals surface area contributed by atoms with Crippen LogP contribution in [0.5, 0.6) is 0 Å². The van der Waals surface area contributed by atoms with Crippen molar-refractivity contribution < 1.29 is 22.0 Å². The van der Waals surface area contributed by atoms with E-state index in [-0.39, 0.29) is 19.0 Å². The van der Waals surface area contributed by atoms with Crippen molar-refractivity contribution in [2.24, 2.45) is 0 Å². The first-order valence-corrected chi connectivity index (χ1v) is 4.99. The van der Waals surface area contributed by atoms with Gasteiger partial charge in [-0.25, -0.2) is 22.0 Å². The Kier molecular flexibility index (Phi) is 4.89. The summed E-state index contributed by atoms with van der Waals surface area (Å²) in [5.74, 6) is -9.50. The molecule has 1 fully saturated rings. The molecule has 0 aromatic heterocycles. The lowest BCUT2D eigenvalue weighted by Gasteiger charge is -2.25. The third kappa shape index (κ3) is 2.43. The van der Waals surface area contributed by atoms with Gasteiger partial charge >= 0.3 is 0 Å². The molecule has 1 saturated heterocycles. The van der Waals surface area contributed by atoms with Crippen LogP contribution in [0.3, 0.4) is 0 Å². The van der Waals surface area contributed by atoms with E-state index in [0.717, 1.165) is 0 Å². The van der Waals surface area contributed by atoms with Gasteiger partial charge in [-0.2, -0.15) is 0 Å². The van der Waals surface area contributed by atoms with Gasteiger partial charge in [0.2, 0.25) is 5.82 Å². The van der Waals surface area contributed by atoms with Gasteiger partial charge in [-0.15, -0.1) is 12.4 Å². The summed E-state index contributed by atoms with van der Waals surface area (Å²) in [6.45, 7) is 1.08. The van der Waals surface area contributed by atoms with E-state index >= 15 is 0 Å². The maximum absolute atomic E-state index is 13.4. The third-order valence-corrected chi connectivity index (χ3v) is 2.63. The van der Waals surface area contributed by atoms with Crippen LogP contribution in [0, 0.1) is 29.1 Å². The quantitative estimate of drug-likeness (QED) is 0.469. The summed E-state index contributed by atoms with van der Waals surface area (Å²) in [7, 11) is 0. The molecule has 1 aliphatic rings. The maximum atomic E-state index is 13.4. The van der Waals surface area contributed by atoms with E-state index < -0.39 is 40.7 Å². The summed E-state index contributed by atoms with van der Waals surface area (Å²) < 4.78 is 65.5. The minimum Gasteiger partial charge on any atom is -0.314 e. The van der Waals surface area contributed by atoms with Crippen molar-refractivity contribution in [3.05, 3.63) is 34.6 Å². The van der Waals surface area contributed by atoms with Crippen LogP contribution in [0.4, 0.5) is 22.0 Å². The Morgan fingerprint density at radius 3 is 1.72 bits per heavy atom. The molecule has 2 rings (SSSR count). The zero-order valence-electron chi connectivity index (χ0n) is 9.00. The highest BCUT2D eigenvalue weighted by Crippen LogP contribution is 2.27. The van der Waals surface area contributed by atoms with Crippen LogP contribution >= 0.6 is 12.4 Å². The fourth-order valence-electron chi connectivity index (χ4n) is 1.79. The number of nitrogens with one attached hydrogen (secondary N) is 2. The normalized spacial score (nSPS) is 19.5. The summed E-state index contributed by atoms with van der Waals surface area (Å²) in [6, 6.07) is -0.923. The van der Waals surface area contributed by atoms with E-state index in [2.05, 4.69) is 10.6 Å². The van der Waals surface area contributed by atoms with Crippen molar-refractivity contribution in [3.8, 4) is 0 Å². The zero-order valence-corrected chi connectivity index (χ0v) is 9.81. The van der Waals surface area contributed by atoms with Crippen molar-refractivity contribution in [1.82, 2.24) is 10.6 Å². The summed E-state index contributed by atoms with van der Waals surface area (Å²) in [4.78, 5) is 0. The lowest BCUT2D eigenvalue weighted by atomic mass is 10.0. The van der Waals surface area contributed by atoms with Gasteiger partial charge in [-0.1, -0.05) is 0 Å². The van der Waals surface area contributed by atoms with Crippen molar-refractivity contribution >= 4 is 12.4 Å². The number of hydrogen-bond donors (Lipinski definition) is 2. The Balaban J connectivity index is 0.00000162. The van der Waals surface area contributed by atoms with Gasteiger partial charge in [0, 0.05) is 25.2 Å².